The maximum atomic E-state index is 14.1. The summed E-state index contributed by atoms with van der Waals surface area (Å²) in [5.74, 6) is -1.34. The van der Waals surface area contributed by atoms with Crippen molar-refractivity contribution >= 4 is 34.9 Å². The van der Waals surface area contributed by atoms with Crippen LogP contribution < -0.4 is 15.5 Å². The van der Waals surface area contributed by atoms with Gasteiger partial charge in [0.1, 0.15) is 6.04 Å². The van der Waals surface area contributed by atoms with Crippen molar-refractivity contribution in [1.82, 2.24) is 10.2 Å². The Morgan fingerprint density at radius 2 is 1.94 bits per heavy atom. The largest absolute Gasteiger partial charge is 0.417 e. The number of hydrogen-bond donors (Lipinski definition) is 2. The van der Waals surface area contributed by atoms with Crippen LogP contribution in [0.2, 0.25) is 5.02 Å². The number of nitrogens with zero attached hydrogens (tertiary/aromatic N) is 3. The Bertz CT molecular complexity index is 1120. The van der Waals surface area contributed by atoms with Crippen molar-refractivity contribution in [1.29, 1.82) is 5.26 Å². The molecule has 1 atom stereocenters. The lowest BCUT2D eigenvalue weighted by Crippen LogP contribution is -2.60. The van der Waals surface area contributed by atoms with Gasteiger partial charge in [-0.3, -0.25) is 4.79 Å². The van der Waals surface area contributed by atoms with Gasteiger partial charge < -0.3 is 20.4 Å². The number of amides is 3. The van der Waals surface area contributed by atoms with Gasteiger partial charge in [-0.15, -0.1) is 0 Å². The molecule has 1 fully saturated rings. The van der Waals surface area contributed by atoms with Gasteiger partial charge in [0.15, 0.2) is 5.82 Å². The number of benzene rings is 2. The average molecular weight is 484 g/mol. The Kier molecular flexibility index (Phi) is 6.98. The Hall–Kier alpha value is -3.52. The van der Waals surface area contributed by atoms with Crippen molar-refractivity contribution in [3.63, 3.8) is 0 Å². The molecule has 1 heterocycles. The van der Waals surface area contributed by atoms with Crippen molar-refractivity contribution < 1.29 is 27.2 Å². The molecule has 174 valence electrons. The fraction of sp³-hybridized carbons (Fsp3) is 0.286. The van der Waals surface area contributed by atoms with Crippen LogP contribution in [0.15, 0.2) is 36.4 Å². The predicted molar refractivity (Wildman–Crippen MR) is 113 cm³/mol. The average Bonchev–Trinajstić information content (AvgIpc) is 2.80. The molecule has 0 aromatic heterocycles. The second-order valence-corrected chi connectivity index (χ2v) is 7.55. The van der Waals surface area contributed by atoms with E-state index in [0.717, 1.165) is 12.1 Å². The lowest BCUT2D eigenvalue weighted by atomic mass is 10.0. The third-order valence-corrected chi connectivity index (χ3v) is 5.46. The van der Waals surface area contributed by atoms with Crippen LogP contribution in [0.25, 0.3) is 0 Å². The molecule has 2 aromatic carbocycles. The Balaban J connectivity index is 1.86. The van der Waals surface area contributed by atoms with Crippen molar-refractivity contribution in [3.8, 4) is 6.07 Å². The molecule has 7 nitrogen and oxygen atoms in total. The second kappa shape index (κ2) is 9.54. The van der Waals surface area contributed by atoms with Crippen LogP contribution in [-0.4, -0.2) is 49.6 Å². The van der Waals surface area contributed by atoms with E-state index in [4.69, 9.17) is 16.9 Å². The molecule has 0 aliphatic carbocycles. The number of piperazine rings is 1. The fourth-order valence-corrected chi connectivity index (χ4v) is 3.68. The number of carbonyl (C=O) groups excluding carboxylic acids is 2. The van der Waals surface area contributed by atoms with Crippen LogP contribution in [0.3, 0.4) is 0 Å². The summed E-state index contributed by atoms with van der Waals surface area (Å²) in [6.45, 7) is -0.107. The Labute approximate surface area is 191 Å². The zero-order chi connectivity index (χ0) is 24.3. The minimum absolute atomic E-state index is 0.0206. The number of halogens is 5. The van der Waals surface area contributed by atoms with Crippen molar-refractivity contribution in [3.05, 3.63) is 58.4 Å². The van der Waals surface area contributed by atoms with E-state index in [9.17, 15) is 27.2 Å². The number of likely N-dealkylation sites (N-methyl/N-ethyl adjacent to an activating group) is 1. The van der Waals surface area contributed by atoms with Gasteiger partial charge in [0.05, 0.1) is 34.5 Å². The summed E-state index contributed by atoms with van der Waals surface area (Å²) in [7, 11) is 1.36. The summed E-state index contributed by atoms with van der Waals surface area (Å²) in [5, 5.41) is 13.6. The van der Waals surface area contributed by atoms with Gasteiger partial charge in [0.2, 0.25) is 5.91 Å². The number of hydrogen-bond acceptors (Lipinski definition) is 4. The Morgan fingerprint density at radius 3 is 2.58 bits per heavy atom. The monoisotopic (exact) mass is 483 g/mol. The smallest absolute Gasteiger partial charge is 0.357 e. The maximum Gasteiger partial charge on any atom is 0.417 e. The molecule has 1 aliphatic rings. The van der Waals surface area contributed by atoms with E-state index in [-0.39, 0.29) is 36.0 Å². The molecule has 2 N–H and O–H groups in total. The highest BCUT2D eigenvalue weighted by Gasteiger charge is 2.37. The number of alkyl halides is 3. The predicted octanol–water partition coefficient (Wildman–Crippen LogP) is 3.84. The summed E-state index contributed by atoms with van der Waals surface area (Å²) in [4.78, 5) is 27.9. The molecule has 12 heteroatoms. The maximum absolute atomic E-state index is 14.1. The van der Waals surface area contributed by atoms with Gasteiger partial charge in [0, 0.05) is 25.8 Å². The number of nitrogens with one attached hydrogen (secondary N) is 2. The van der Waals surface area contributed by atoms with Crippen LogP contribution >= 0.6 is 11.6 Å². The van der Waals surface area contributed by atoms with Crippen LogP contribution in [0.1, 0.15) is 11.1 Å². The van der Waals surface area contributed by atoms with Crippen LogP contribution in [-0.2, 0) is 11.0 Å². The highest BCUT2D eigenvalue weighted by atomic mass is 35.5. The van der Waals surface area contributed by atoms with Crippen LogP contribution in [0.5, 0.6) is 0 Å². The minimum Gasteiger partial charge on any atom is -0.357 e. The van der Waals surface area contributed by atoms with E-state index in [2.05, 4.69) is 10.6 Å². The lowest BCUT2D eigenvalue weighted by Gasteiger charge is -2.41. The van der Waals surface area contributed by atoms with E-state index >= 15 is 0 Å². The van der Waals surface area contributed by atoms with Crippen LogP contribution in [0, 0.1) is 17.1 Å². The molecule has 3 rings (SSSR count). The first-order valence-corrected chi connectivity index (χ1v) is 10.0. The minimum atomic E-state index is -4.76. The first kappa shape index (κ1) is 24.1. The zero-order valence-corrected chi connectivity index (χ0v) is 18.0. The number of urea groups is 1. The normalized spacial score (nSPS) is 16.2. The fourth-order valence-electron chi connectivity index (χ4n) is 3.50. The van der Waals surface area contributed by atoms with E-state index in [0.29, 0.717) is 0 Å². The Morgan fingerprint density at radius 1 is 1.21 bits per heavy atom. The molecule has 1 saturated heterocycles. The molecule has 3 amide bonds. The molecule has 0 bridgehead atoms. The molecule has 0 saturated carbocycles. The topological polar surface area (TPSA) is 88.5 Å². The highest BCUT2D eigenvalue weighted by molar-refractivity contribution is 6.31. The van der Waals surface area contributed by atoms with Crippen molar-refractivity contribution in [2.45, 2.75) is 12.2 Å². The quantitative estimate of drug-likeness (QED) is 0.649. The van der Waals surface area contributed by atoms with Gasteiger partial charge in [-0.1, -0.05) is 17.7 Å². The van der Waals surface area contributed by atoms with Gasteiger partial charge in [-0.2, -0.15) is 18.4 Å². The van der Waals surface area contributed by atoms with E-state index in [1.54, 1.807) is 0 Å². The number of nitriles is 1. The van der Waals surface area contributed by atoms with Gasteiger partial charge in [-0.05, 0) is 30.3 Å². The molecule has 1 unspecified atom stereocenters. The van der Waals surface area contributed by atoms with E-state index in [1.807, 2.05) is 0 Å². The molecule has 0 radical (unpaired) electrons. The molecule has 2 aromatic rings. The van der Waals surface area contributed by atoms with Gasteiger partial charge >= 0.3 is 12.2 Å². The standard InChI is InChI=1S/C21H18ClF4N5O2/c1-28-19(32)17-11-30(20(33)29-16-4-2-3-15(22)18(16)23)7-8-31(17)13-6-5-12(10-27)14(9-13)21(24,25)26/h2-6,9,17H,7-8,11H2,1H3,(H,28,32)(H,29,33). The summed E-state index contributed by atoms with van der Waals surface area (Å²) in [6.07, 6.45) is -4.76. The van der Waals surface area contributed by atoms with Crippen LogP contribution in [0.4, 0.5) is 33.7 Å². The van der Waals surface area contributed by atoms with Crippen molar-refractivity contribution in [2.24, 2.45) is 0 Å². The summed E-state index contributed by atoms with van der Waals surface area (Å²) in [5.41, 5.74) is -1.72. The third kappa shape index (κ3) is 5.12. The van der Waals surface area contributed by atoms with E-state index < -0.39 is 41.1 Å². The van der Waals surface area contributed by atoms with Crippen molar-refractivity contribution in [2.75, 3.05) is 36.9 Å². The molecule has 1 aliphatic heterocycles. The summed E-state index contributed by atoms with van der Waals surface area (Å²) in [6, 6.07) is 7.06. The number of carbonyl (C=O) groups is 2. The number of anilines is 2. The second-order valence-electron chi connectivity index (χ2n) is 7.14. The lowest BCUT2D eigenvalue weighted by molar-refractivity contribution is -0.137. The van der Waals surface area contributed by atoms with Gasteiger partial charge in [-0.25, -0.2) is 9.18 Å². The zero-order valence-electron chi connectivity index (χ0n) is 17.2. The first-order chi connectivity index (χ1) is 15.6. The summed E-state index contributed by atoms with van der Waals surface area (Å²) < 4.78 is 54.3. The molecule has 33 heavy (non-hydrogen) atoms. The highest BCUT2D eigenvalue weighted by Crippen LogP contribution is 2.35. The third-order valence-electron chi connectivity index (χ3n) is 5.17. The molecule has 0 spiro atoms. The van der Waals surface area contributed by atoms with E-state index in [1.165, 1.54) is 47.2 Å². The SMILES string of the molecule is CNC(=O)C1CN(C(=O)Nc2cccc(Cl)c2F)CCN1c1ccc(C#N)c(C(F)(F)F)c1. The molecular weight excluding hydrogens is 466 g/mol. The summed E-state index contributed by atoms with van der Waals surface area (Å²) >= 11 is 5.72. The number of rotatable bonds is 3. The van der Waals surface area contributed by atoms with Gasteiger partial charge in [0.25, 0.3) is 0 Å². The molecular formula is C21H18ClF4N5O2. The first-order valence-electron chi connectivity index (χ1n) is 9.66.